The molecule has 0 radical (unpaired) electrons. The molecular weight excluding hydrogens is 257 g/mol. The topological polar surface area (TPSA) is 26.0 Å². The van der Waals surface area contributed by atoms with E-state index >= 15 is 0 Å². The molecule has 0 aliphatic rings. The molecule has 0 amide bonds. The van der Waals surface area contributed by atoms with Crippen LogP contribution in [0.5, 0.6) is 0 Å². The van der Waals surface area contributed by atoms with Gasteiger partial charge in [0.05, 0.1) is 0 Å². The quantitative estimate of drug-likeness (QED) is 0.881. The molecule has 0 bridgehead atoms. The second kappa shape index (κ2) is 5.61. The Morgan fingerprint density at radius 2 is 2.13 bits per heavy atom. The first-order chi connectivity index (χ1) is 7.06. The fourth-order valence-electron chi connectivity index (χ4n) is 1.71. The average Bonchev–Trinajstić information content (AvgIpc) is 2.21. The summed E-state index contributed by atoms with van der Waals surface area (Å²) in [7, 11) is 0. The van der Waals surface area contributed by atoms with Gasteiger partial charge in [-0.2, -0.15) is 0 Å². The third-order valence-corrected chi connectivity index (χ3v) is 3.17. The summed E-state index contributed by atoms with van der Waals surface area (Å²) in [5.74, 6) is 0.0902. The van der Waals surface area contributed by atoms with E-state index in [4.69, 9.17) is 5.73 Å². The van der Waals surface area contributed by atoms with Crippen LogP contribution in [0.2, 0.25) is 0 Å². The van der Waals surface area contributed by atoms with Crippen molar-refractivity contribution in [2.24, 2.45) is 11.7 Å². The normalized spacial score (nSPS) is 15.0. The lowest BCUT2D eigenvalue weighted by atomic mass is 9.91. The number of halogens is 2. The molecule has 2 N–H and O–H groups in total. The maximum absolute atomic E-state index is 13.5. The van der Waals surface area contributed by atoms with Gasteiger partial charge in [-0.05, 0) is 30.5 Å². The van der Waals surface area contributed by atoms with Crippen LogP contribution in [-0.4, -0.2) is 0 Å². The van der Waals surface area contributed by atoms with Gasteiger partial charge in [0.2, 0.25) is 0 Å². The molecule has 84 valence electrons. The Bertz CT molecular complexity index is 327. The van der Waals surface area contributed by atoms with Crippen molar-refractivity contribution < 1.29 is 4.39 Å². The molecule has 0 fully saturated rings. The van der Waals surface area contributed by atoms with E-state index in [1.165, 1.54) is 6.07 Å². The Morgan fingerprint density at radius 3 is 2.73 bits per heavy atom. The molecular formula is C12H17BrFN. The maximum Gasteiger partial charge on any atom is 0.128 e. The van der Waals surface area contributed by atoms with Crippen LogP contribution >= 0.6 is 15.9 Å². The monoisotopic (exact) mass is 273 g/mol. The fourth-order valence-corrected chi connectivity index (χ4v) is 2.09. The molecule has 3 heteroatoms. The average molecular weight is 274 g/mol. The van der Waals surface area contributed by atoms with E-state index in [9.17, 15) is 4.39 Å². The van der Waals surface area contributed by atoms with Gasteiger partial charge in [-0.15, -0.1) is 0 Å². The number of benzene rings is 1. The van der Waals surface area contributed by atoms with Gasteiger partial charge < -0.3 is 5.73 Å². The van der Waals surface area contributed by atoms with Crippen molar-refractivity contribution >= 4 is 15.9 Å². The summed E-state index contributed by atoms with van der Waals surface area (Å²) in [5.41, 5.74) is 6.64. The maximum atomic E-state index is 13.5. The van der Waals surface area contributed by atoms with E-state index in [2.05, 4.69) is 29.8 Å². The van der Waals surface area contributed by atoms with Gasteiger partial charge >= 0.3 is 0 Å². The molecule has 1 aromatic rings. The molecule has 1 aromatic carbocycles. The molecule has 0 aliphatic carbocycles. The zero-order chi connectivity index (χ0) is 11.4. The van der Waals surface area contributed by atoms with Gasteiger partial charge in [0.25, 0.3) is 0 Å². The molecule has 1 rings (SSSR count). The summed E-state index contributed by atoms with van der Waals surface area (Å²) in [6, 6.07) is 4.70. The van der Waals surface area contributed by atoms with Crippen molar-refractivity contribution in [1.29, 1.82) is 0 Å². The van der Waals surface area contributed by atoms with Crippen molar-refractivity contribution in [3.8, 4) is 0 Å². The summed E-state index contributed by atoms with van der Waals surface area (Å²) in [6.07, 6.45) is 2.09. The van der Waals surface area contributed by atoms with Gasteiger partial charge in [0.1, 0.15) is 5.82 Å². The SMILES string of the molecule is CCCC(C)C(N)c1cc(Br)ccc1F. The Morgan fingerprint density at radius 1 is 1.47 bits per heavy atom. The highest BCUT2D eigenvalue weighted by Crippen LogP contribution is 2.27. The summed E-state index contributed by atoms with van der Waals surface area (Å²) < 4.78 is 14.4. The third-order valence-electron chi connectivity index (χ3n) is 2.67. The number of hydrogen-bond acceptors (Lipinski definition) is 1. The molecule has 0 saturated heterocycles. The van der Waals surface area contributed by atoms with Crippen LogP contribution in [0.15, 0.2) is 22.7 Å². The third kappa shape index (κ3) is 3.28. The molecule has 0 aromatic heterocycles. The summed E-state index contributed by atoms with van der Waals surface area (Å²) in [4.78, 5) is 0. The minimum absolute atomic E-state index is 0.214. The fraction of sp³-hybridized carbons (Fsp3) is 0.500. The second-order valence-corrected chi connectivity index (χ2v) is 4.87. The van der Waals surface area contributed by atoms with Crippen LogP contribution in [0.25, 0.3) is 0 Å². The lowest BCUT2D eigenvalue weighted by molar-refractivity contribution is 0.419. The van der Waals surface area contributed by atoms with Crippen LogP contribution in [0.1, 0.15) is 38.3 Å². The van der Waals surface area contributed by atoms with Crippen molar-refractivity contribution in [2.45, 2.75) is 32.7 Å². The number of hydrogen-bond donors (Lipinski definition) is 1. The van der Waals surface area contributed by atoms with Crippen molar-refractivity contribution in [1.82, 2.24) is 0 Å². The molecule has 2 unspecified atom stereocenters. The zero-order valence-electron chi connectivity index (χ0n) is 9.13. The van der Waals surface area contributed by atoms with Gasteiger partial charge in [0, 0.05) is 16.1 Å². The standard InChI is InChI=1S/C12H17BrFN/c1-3-4-8(2)12(15)10-7-9(13)5-6-11(10)14/h5-8,12H,3-4,15H2,1-2H3. The summed E-state index contributed by atoms with van der Waals surface area (Å²) >= 11 is 3.33. The van der Waals surface area contributed by atoms with Crippen molar-refractivity contribution in [3.63, 3.8) is 0 Å². The van der Waals surface area contributed by atoms with Gasteiger partial charge in [0.15, 0.2) is 0 Å². The predicted molar refractivity (Wildman–Crippen MR) is 65.1 cm³/mol. The minimum Gasteiger partial charge on any atom is -0.324 e. The first kappa shape index (κ1) is 12.7. The Labute approximate surface area is 99.0 Å². The molecule has 0 aliphatic heterocycles. The zero-order valence-corrected chi connectivity index (χ0v) is 10.7. The van der Waals surface area contributed by atoms with E-state index < -0.39 is 0 Å². The lowest BCUT2D eigenvalue weighted by Crippen LogP contribution is -2.20. The highest BCUT2D eigenvalue weighted by molar-refractivity contribution is 9.10. The van der Waals surface area contributed by atoms with Crippen molar-refractivity contribution in [2.75, 3.05) is 0 Å². The first-order valence-electron chi connectivity index (χ1n) is 5.26. The molecule has 15 heavy (non-hydrogen) atoms. The van der Waals surface area contributed by atoms with Gasteiger partial charge in [-0.25, -0.2) is 4.39 Å². The largest absolute Gasteiger partial charge is 0.324 e. The second-order valence-electron chi connectivity index (χ2n) is 3.96. The first-order valence-corrected chi connectivity index (χ1v) is 6.06. The summed E-state index contributed by atoms with van der Waals surface area (Å²) in [6.45, 7) is 4.18. The van der Waals surface area contributed by atoms with E-state index in [1.54, 1.807) is 12.1 Å². The van der Waals surface area contributed by atoms with Crippen LogP contribution in [0.3, 0.4) is 0 Å². The van der Waals surface area contributed by atoms with Crippen LogP contribution < -0.4 is 5.73 Å². The van der Waals surface area contributed by atoms with Crippen LogP contribution in [-0.2, 0) is 0 Å². The Kier molecular flexibility index (Phi) is 4.74. The lowest BCUT2D eigenvalue weighted by Gasteiger charge is -2.20. The van der Waals surface area contributed by atoms with E-state index in [0.29, 0.717) is 11.5 Å². The summed E-state index contributed by atoms with van der Waals surface area (Å²) in [5, 5.41) is 0. The Balaban J connectivity index is 2.89. The predicted octanol–water partition coefficient (Wildman–Crippen LogP) is 4.02. The van der Waals surface area contributed by atoms with Gasteiger partial charge in [-0.1, -0.05) is 36.2 Å². The van der Waals surface area contributed by atoms with Crippen LogP contribution in [0, 0.1) is 11.7 Å². The molecule has 0 spiro atoms. The van der Waals surface area contributed by atoms with Gasteiger partial charge in [-0.3, -0.25) is 0 Å². The highest BCUT2D eigenvalue weighted by atomic mass is 79.9. The Hall–Kier alpha value is -0.410. The molecule has 2 atom stereocenters. The van der Waals surface area contributed by atoms with E-state index in [-0.39, 0.29) is 11.9 Å². The van der Waals surface area contributed by atoms with Crippen LogP contribution in [0.4, 0.5) is 4.39 Å². The minimum atomic E-state index is -0.220. The van der Waals surface area contributed by atoms with Crippen molar-refractivity contribution in [3.05, 3.63) is 34.1 Å². The van der Waals surface area contributed by atoms with E-state index in [0.717, 1.165) is 17.3 Å². The number of nitrogens with two attached hydrogens (primary N) is 1. The molecule has 0 heterocycles. The molecule has 0 saturated carbocycles. The smallest absolute Gasteiger partial charge is 0.128 e. The molecule has 1 nitrogen and oxygen atoms in total. The van der Waals surface area contributed by atoms with E-state index in [1.807, 2.05) is 0 Å². The highest BCUT2D eigenvalue weighted by Gasteiger charge is 2.17. The number of rotatable bonds is 4.